The van der Waals surface area contributed by atoms with Gasteiger partial charge in [-0.15, -0.1) is 0 Å². The predicted molar refractivity (Wildman–Crippen MR) is 333 cm³/mol. The molecule has 9 aromatic carbocycles. The van der Waals surface area contributed by atoms with Crippen molar-refractivity contribution in [2.75, 3.05) is 0 Å². The Morgan fingerprint density at radius 3 is 0.798 bits per heavy atom. The number of pyridine rings is 4. The molecule has 0 fully saturated rings. The van der Waals surface area contributed by atoms with Gasteiger partial charge in [0.15, 0.2) is 0 Å². The minimum Gasteiger partial charge on any atom is -0.309 e. The lowest BCUT2D eigenvalue weighted by Gasteiger charge is -2.22. The van der Waals surface area contributed by atoms with Crippen molar-refractivity contribution in [3.63, 3.8) is 0 Å². The van der Waals surface area contributed by atoms with Crippen LogP contribution in [0, 0.1) is 45.3 Å². The minimum absolute atomic E-state index is 0.523. The molecule has 10 nitrogen and oxygen atoms in total. The zero-order valence-electron chi connectivity index (χ0n) is 44.6. The highest BCUT2D eigenvalue weighted by Gasteiger charge is 2.24. The number of nitrogens with zero attached hydrogens (tertiary/aromatic N) is 10. The van der Waals surface area contributed by atoms with Crippen LogP contribution in [-0.2, 0) is 0 Å². The van der Waals surface area contributed by atoms with Crippen LogP contribution in [0.4, 0.5) is 0 Å². The van der Waals surface area contributed by atoms with Gasteiger partial charge in [0, 0.05) is 80.0 Å². The van der Waals surface area contributed by atoms with Crippen LogP contribution in [0.25, 0.3) is 144 Å². The van der Waals surface area contributed by atoms with Gasteiger partial charge >= 0.3 is 0 Å². The first-order chi connectivity index (χ1) is 41.4. The van der Waals surface area contributed by atoms with Crippen LogP contribution in [0.1, 0.15) is 22.3 Å². The van der Waals surface area contributed by atoms with E-state index in [0.29, 0.717) is 22.3 Å². The average Bonchev–Trinajstić information content (AvgIpc) is 1.86. The monoisotopic (exact) mass is 1070 g/mol. The molecule has 10 heteroatoms. The van der Waals surface area contributed by atoms with Gasteiger partial charge in [-0.05, 0) is 226 Å². The third kappa shape index (κ3) is 8.08. The van der Waals surface area contributed by atoms with Gasteiger partial charge in [0.2, 0.25) is 0 Å². The maximum atomic E-state index is 10.2. The summed E-state index contributed by atoms with van der Waals surface area (Å²) >= 11 is 0. The molecule has 0 saturated heterocycles. The average molecular weight is 1070 g/mol. The quantitative estimate of drug-likeness (QED) is 0.136. The second-order valence-corrected chi connectivity index (χ2v) is 20.7. The fraction of sp³-hybridized carbons (Fsp3) is 0. The third-order valence-corrected chi connectivity index (χ3v) is 15.9. The Bertz CT molecular complexity index is 4810. The van der Waals surface area contributed by atoms with Crippen molar-refractivity contribution in [2.24, 2.45) is 0 Å². The molecule has 6 heterocycles. The van der Waals surface area contributed by atoms with Crippen molar-refractivity contribution in [2.45, 2.75) is 0 Å². The molecule has 0 saturated carbocycles. The molecule has 0 bridgehead atoms. The first-order valence-electron chi connectivity index (χ1n) is 27.2. The van der Waals surface area contributed by atoms with Crippen LogP contribution in [-0.4, -0.2) is 29.1 Å². The lowest BCUT2D eigenvalue weighted by Crippen LogP contribution is -1.99. The Morgan fingerprint density at radius 1 is 0.250 bits per heavy atom. The van der Waals surface area contributed by atoms with Crippen LogP contribution in [0.2, 0.25) is 0 Å². The SMILES string of the molecule is N#Cc1ccc2c(c1)c1cc(C#N)ccc1n2-c1ccc2c(-c3cc(-c4ccccn4)cc(-c4ccccn4)c3)c3cc(-n4c5ccc(C#N)cc5c5cc(C#N)ccc54)ccc3c(-c3cc(-c4ccccn4)cc(-c4ccccn4)c3)c2c1. The summed E-state index contributed by atoms with van der Waals surface area (Å²) in [5.74, 6) is 0. The van der Waals surface area contributed by atoms with Crippen LogP contribution in [0.5, 0.6) is 0 Å². The highest BCUT2D eigenvalue weighted by Crippen LogP contribution is 2.49. The van der Waals surface area contributed by atoms with Crippen molar-refractivity contribution >= 4 is 65.2 Å². The summed E-state index contributed by atoms with van der Waals surface area (Å²) in [7, 11) is 0. The number of hydrogen-bond acceptors (Lipinski definition) is 8. The van der Waals surface area contributed by atoms with Gasteiger partial charge in [-0.1, -0.05) is 36.4 Å². The molecule has 0 N–H and O–H groups in total. The molecule has 6 aromatic heterocycles. The summed E-state index contributed by atoms with van der Waals surface area (Å²) in [5, 5.41) is 47.9. The Morgan fingerprint density at radius 2 is 0.536 bits per heavy atom. The second-order valence-electron chi connectivity index (χ2n) is 20.7. The number of fused-ring (bicyclic) bond motifs is 8. The van der Waals surface area contributed by atoms with E-state index in [1.165, 1.54) is 0 Å². The molecule has 0 radical (unpaired) electrons. The van der Waals surface area contributed by atoms with E-state index in [1.807, 2.05) is 170 Å². The zero-order valence-corrected chi connectivity index (χ0v) is 44.6. The Balaban J connectivity index is 1.13. The molecule has 15 aromatic rings. The van der Waals surface area contributed by atoms with Crippen LogP contribution >= 0.6 is 0 Å². The standard InChI is InChI=1S/C74H40N10/c75-41-45-13-21-69-59(29-45)60-30-46(42-76)14-22-70(60)83(69)55-18-20-58-63(39-55)73(53-35-49(65-9-1-5-25-79-65)33-50(36-53)66-10-2-6-26-80-66)57-19-17-56(84-71-23-15-47(43-77)31-61(71)62-32-48(44-78)16-24-72(62)84)40-64(57)74(58)54-37-51(67-11-3-7-27-81-67)34-52(38-54)68-12-4-8-28-82-68/h1-40H. The largest absolute Gasteiger partial charge is 0.309 e. The summed E-state index contributed by atoms with van der Waals surface area (Å²) in [6, 6.07) is 82.7. The molecule has 0 amide bonds. The molecule has 0 unspecified atom stereocenters. The molecule has 0 aliphatic rings. The summed E-state index contributed by atoms with van der Waals surface area (Å²) in [6.45, 7) is 0. The summed E-state index contributed by atoms with van der Waals surface area (Å²) in [4.78, 5) is 19.6. The van der Waals surface area contributed by atoms with Crippen molar-refractivity contribution in [1.29, 1.82) is 21.0 Å². The normalized spacial score (nSPS) is 11.3. The van der Waals surface area contributed by atoms with Crippen LogP contribution < -0.4 is 0 Å². The lowest BCUT2D eigenvalue weighted by molar-refractivity contribution is 1.18. The summed E-state index contributed by atoms with van der Waals surface area (Å²) in [6.07, 6.45) is 7.26. The van der Waals surface area contributed by atoms with Gasteiger partial charge in [-0.3, -0.25) is 19.9 Å². The number of rotatable bonds is 8. The van der Waals surface area contributed by atoms with E-state index in [0.717, 1.165) is 144 Å². The lowest BCUT2D eigenvalue weighted by atomic mass is 9.83. The zero-order chi connectivity index (χ0) is 56.4. The van der Waals surface area contributed by atoms with Gasteiger partial charge in [0.05, 0.1) is 91.4 Å². The van der Waals surface area contributed by atoms with E-state index in [9.17, 15) is 21.0 Å². The molecular weight excluding hydrogens is 1030 g/mol. The van der Waals surface area contributed by atoms with E-state index >= 15 is 0 Å². The van der Waals surface area contributed by atoms with Crippen molar-refractivity contribution in [3.8, 4) is 103 Å². The number of hydrogen-bond donors (Lipinski definition) is 0. The topological polar surface area (TPSA) is 157 Å². The first kappa shape index (κ1) is 48.8. The van der Waals surface area contributed by atoms with Crippen LogP contribution in [0.3, 0.4) is 0 Å². The van der Waals surface area contributed by atoms with Crippen molar-refractivity contribution < 1.29 is 0 Å². The highest BCUT2D eigenvalue weighted by molar-refractivity contribution is 6.23. The van der Waals surface area contributed by atoms with E-state index < -0.39 is 0 Å². The molecule has 0 aliphatic carbocycles. The van der Waals surface area contributed by atoms with Gasteiger partial charge < -0.3 is 9.13 Å². The molecule has 386 valence electrons. The molecule has 15 rings (SSSR count). The molecular formula is C74H40N10. The maximum absolute atomic E-state index is 10.2. The van der Waals surface area contributed by atoms with Gasteiger partial charge in [0.25, 0.3) is 0 Å². The number of nitriles is 4. The van der Waals surface area contributed by atoms with E-state index in [-0.39, 0.29) is 0 Å². The third-order valence-electron chi connectivity index (χ3n) is 15.9. The molecule has 0 atom stereocenters. The van der Waals surface area contributed by atoms with Crippen molar-refractivity contribution in [3.05, 3.63) is 265 Å². The summed E-state index contributed by atoms with van der Waals surface area (Å²) in [5.41, 5.74) is 18.1. The fourth-order valence-electron chi connectivity index (χ4n) is 12.3. The maximum Gasteiger partial charge on any atom is 0.0991 e. The highest BCUT2D eigenvalue weighted by atomic mass is 15.0. The Labute approximate surface area is 481 Å². The smallest absolute Gasteiger partial charge is 0.0991 e. The number of aromatic nitrogens is 6. The van der Waals surface area contributed by atoms with E-state index in [4.69, 9.17) is 19.9 Å². The van der Waals surface area contributed by atoms with Gasteiger partial charge in [-0.2, -0.15) is 21.0 Å². The number of benzene rings is 9. The Kier molecular flexibility index (Phi) is 11.5. The predicted octanol–water partition coefficient (Wildman–Crippen LogP) is 17.3. The van der Waals surface area contributed by atoms with Crippen molar-refractivity contribution in [1.82, 2.24) is 29.1 Å². The first-order valence-corrected chi connectivity index (χ1v) is 27.2. The summed E-state index contributed by atoms with van der Waals surface area (Å²) < 4.78 is 4.46. The molecule has 0 aliphatic heterocycles. The van der Waals surface area contributed by atoms with E-state index in [2.05, 4.69) is 106 Å². The Hall–Kier alpha value is -12.3. The van der Waals surface area contributed by atoms with Gasteiger partial charge in [-0.25, -0.2) is 0 Å². The minimum atomic E-state index is 0.523. The second kappa shape index (κ2) is 19.8. The molecule has 84 heavy (non-hydrogen) atoms. The van der Waals surface area contributed by atoms with E-state index in [1.54, 1.807) is 0 Å². The molecule has 0 spiro atoms. The van der Waals surface area contributed by atoms with Crippen LogP contribution in [0.15, 0.2) is 243 Å². The van der Waals surface area contributed by atoms with Gasteiger partial charge in [0.1, 0.15) is 0 Å². The fourth-order valence-corrected chi connectivity index (χ4v) is 12.3.